The monoisotopic (exact) mass is 375 g/mol. The van der Waals surface area contributed by atoms with Gasteiger partial charge in [0.25, 0.3) is 5.56 Å². The number of rotatable bonds is 6. The van der Waals surface area contributed by atoms with E-state index in [0.717, 1.165) is 30.3 Å². The van der Waals surface area contributed by atoms with Crippen molar-refractivity contribution in [2.24, 2.45) is 0 Å². The molecule has 0 unspecified atom stereocenters. The van der Waals surface area contributed by atoms with Gasteiger partial charge in [0, 0.05) is 38.0 Å². The van der Waals surface area contributed by atoms with Gasteiger partial charge in [-0.15, -0.1) is 0 Å². The molecule has 3 aromatic rings. The van der Waals surface area contributed by atoms with Crippen LogP contribution in [-0.4, -0.2) is 27.6 Å². The normalized spacial score (nSPS) is 14.1. The zero-order valence-corrected chi connectivity index (χ0v) is 15.9. The predicted molar refractivity (Wildman–Crippen MR) is 112 cm³/mol. The molecule has 28 heavy (non-hydrogen) atoms. The Hall–Kier alpha value is -3.15. The SMILES string of the molecule is O=c1ccccn1Cc1ccc(CNc2cc(N3CCCCC3)ncn2)cc1. The number of nitrogens with one attached hydrogen (secondary N) is 1. The van der Waals surface area contributed by atoms with Crippen LogP contribution in [0.3, 0.4) is 0 Å². The summed E-state index contributed by atoms with van der Waals surface area (Å²) in [5.74, 6) is 1.84. The van der Waals surface area contributed by atoms with Gasteiger partial charge in [0.1, 0.15) is 18.0 Å². The molecule has 144 valence electrons. The summed E-state index contributed by atoms with van der Waals surface area (Å²) < 4.78 is 1.70. The quantitative estimate of drug-likeness (QED) is 0.716. The van der Waals surface area contributed by atoms with E-state index < -0.39 is 0 Å². The van der Waals surface area contributed by atoms with E-state index in [1.807, 2.05) is 18.3 Å². The summed E-state index contributed by atoms with van der Waals surface area (Å²) in [7, 11) is 0. The second-order valence-electron chi connectivity index (χ2n) is 7.15. The van der Waals surface area contributed by atoms with Crippen LogP contribution in [-0.2, 0) is 13.1 Å². The van der Waals surface area contributed by atoms with E-state index in [9.17, 15) is 4.79 Å². The highest BCUT2D eigenvalue weighted by Crippen LogP contribution is 2.19. The minimum Gasteiger partial charge on any atom is -0.366 e. The number of hydrogen-bond donors (Lipinski definition) is 1. The fourth-order valence-corrected chi connectivity index (χ4v) is 3.48. The van der Waals surface area contributed by atoms with Crippen molar-refractivity contribution in [2.45, 2.75) is 32.4 Å². The third kappa shape index (κ3) is 4.57. The molecule has 0 radical (unpaired) electrons. The van der Waals surface area contributed by atoms with Crippen molar-refractivity contribution in [1.29, 1.82) is 0 Å². The molecule has 1 aromatic carbocycles. The number of hydrogen-bond acceptors (Lipinski definition) is 5. The van der Waals surface area contributed by atoms with Crippen LogP contribution in [0.1, 0.15) is 30.4 Å². The molecule has 6 nitrogen and oxygen atoms in total. The summed E-state index contributed by atoms with van der Waals surface area (Å²) in [6.07, 6.45) is 7.21. The lowest BCUT2D eigenvalue weighted by atomic mass is 10.1. The molecule has 6 heteroatoms. The predicted octanol–water partition coefficient (Wildman–Crippen LogP) is 3.29. The molecule has 1 N–H and O–H groups in total. The summed E-state index contributed by atoms with van der Waals surface area (Å²) in [6, 6.07) is 15.5. The first-order valence-electron chi connectivity index (χ1n) is 9.82. The van der Waals surface area contributed by atoms with E-state index in [0.29, 0.717) is 13.1 Å². The largest absolute Gasteiger partial charge is 0.366 e. The van der Waals surface area contributed by atoms with Gasteiger partial charge in [0.2, 0.25) is 0 Å². The van der Waals surface area contributed by atoms with Crippen LogP contribution in [0.5, 0.6) is 0 Å². The minimum absolute atomic E-state index is 0.0153. The summed E-state index contributed by atoms with van der Waals surface area (Å²) in [4.78, 5) is 22.9. The molecule has 1 fully saturated rings. The van der Waals surface area contributed by atoms with Gasteiger partial charge in [-0.3, -0.25) is 4.79 Å². The molecule has 0 bridgehead atoms. The van der Waals surface area contributed by atoms with Crippen LogP contribution in [0.4, 0.5) is 11.6 Å². The first kappa shape index (κ1) is 18.2. The van der Waals surface area contributed by atoms with Crippen LogP contribution in [0.15, 0.2) is 65.8 Å². The van der Waals surface area contributed by atoms with E-state index in [4.69, 9.17) is 0 Å². The van der Waals surface area contributed by atoms with Crippen LogP contribution >= 0.6 is 0 Å². The first-order chi connectivity index (χ1) is 13.8. The van der Waals surface area contributed by atoms with Crippen LogP contribution < -0.4 is 15.8 Å². The van der Waals surface area contributed by atoms with E-state index in [2.05, 4.69) is 44.5 Å². The van der Waals surface area contributed by atoms with E-state index in [-0.39, 0.29) is 5.56 Å². The zero-order valence-electron chi connectivity index (χ0n) is 15.9. The maximum Gasteiger partial charge on any atom is 0.250 e. The Bertz CT molecular complexity index is 961. The molecule has 2 aromatic heterocycles. The van der Waals surface area contributed by atoms with Crippen LogP contribution in [0, 0.1) is 0 Å². The molecule has 0 spiro atoms. The van der Waals surface area contributed by atoms with Crippen molar-refractivity contribution in [2.75, 3.05) is 23.3 Å². The Labute approximate surface area is 164 Å². The Morgan fingerprint density at radius 2 is 1.71 bits per heavy atom. The molecule has 4 rings (SSSR count). The smallest absolute Gasteiger partial charge is 0.250 e. The molecule has 0 aliphatic carbocycles. The maximum atomic E-state index is 11.8. The fraction of sp³-hybridized carbons (Fsp3) is 0.318. The topological polar surface area (TPSA) is 63.1 Å². The van der Waals surface area contributed by atoms with Gasteiger partial charge < -0.3 is 14.8 Å². The van der Waals surface area contributed by atoms with E-state index in [1.54, 1.807) is 23.0 Å². The Kier molecular flexibility index (Phi) is 5.66. The van der Waals surface area contributed by atoms with Gasteiger partial charge in [0.15, 0.2) is 0 Å². The molecule has 1 aliphatic rings. The maximum absolute atomic E-state index is 11.8. The average Bonchev–Trinajstić information content (AvgIpc) is 2.76. The lowest BCUT2D eigenvalue weighted by Crippen LogP contribution is -2.30. The number of aromatic nitrogens is 3. The summed E-state index contributed by atoms with van der Waals surface area (Å²) in [5.41, 5.74) is 2.29. The first-order valence-corrected chi connectivity index (χ1v) is 9.82. The molecule has 0 amide bonds. The lowest BCUT2D eigenvalue weighted by Gasteiger charge is -2.27. The average molecular weight is 375 g/mol. The summed E-state index contributed by atoms with van der Waals surface area (Å²) >= 11 is 0. The van der Waals surface area contributed by atoms with Gasteiger partial charge in [-0.05, 0) is 36.5 Å². The summed E-state index contributed by atoms with van der Waals surface area (Å²) in [5, 5.41) is 3.39. The number of benzene rings is 1. The lowest BCUT2D eigenvalue weighted by molar-refractivity contribution is 0.573. The number of piperidine rings is 1. The van der Waals surface area contributed by atoms with Gasteiger partial charge in [-0.1, -0.05) is 30.3 Å². The van der Waals surface area contributed by atoms with E-state index in [1.165, 1.54) is 24.8 Å². The van der Waals surface area contributed by atoms with Gasteiger partial charge in [0.05, 0.1) is 6.54 Å². The molecule has 0 saturated carbocycles. The highest BCUT2D eigenvalue weighted by molar-refractivity contribution is 5.49. The molecule has 0 atom stereocenters. The third-order valence-corrected chi connectivity index (χ3v) is 5.08. The van der Waals surface area contributed by atoms with E-state index >= 15 is 0 Å². The number of pyridine rings is 1. The highest BCUT2D eigenvalue weighted by Gasteiger charge is 2.12. The Balaban J connectivity index is 1.36. The van der Waals surface area contributed by atoms with Crippen LogP contribution in [0.25, 0.3) is 0 Å². The van der Waals surface area contributed by atoms with Crippen LogP contribution in [0.2, 0.25) is 0 Å². The second kappa shape index (κ2) is 8.69. The molecule has 3 heterocycles. The number of nitrogens with zero attached hydrogens (tertiary/aromatic N) is 4. The Morgan fingerprint density at radius 3 is 2.50 bits per heavy atom. The Morgan fingerprint density at radius 1 is 0.929 bits per heavy atom. The highest BCUT2D eigenvalue weighted by atomic mass is 16.1. The van der Waals surface area contributed by atoms with Gasteiger partial charge in [-0.2, -0.15) is 0 Å². The molecular formula is C22H25N5O. The molecular weight excluding hydrogens is 350 g/mol. The standard InChI is InChI=1S/C22H25N5O/c28-22-6-2-5-13-27(22)16-19-9-7-18(8-10-19)15-23-20-14-21(25-17-24-20)26-11-3-1-4-12-26/h2,5-10,13-14,17H,1,3-4,11-12,15-16H2,(H,23,24,25). The number of anilines is 2. The minimum atomic E-state index is 0.0153. The van der Waals surface area contributed by atoms with Crippen molar-refractivity contribution < 1.29 is 0 Å². The van der Waals surface area contributed by atoms with Crippen molar-refractivity contribution in [3.63, 3.8) is 0 Å². The van der Waals surface area contributed by atoms with Gasteiger partial charge >= 0.3 is 0 Å². The molecule has 1 saturated heterocycles. The zero-order chi connectivity index (χ0) is 19.2. The fourth-order valence-electron chi connectivity index (χ4n) is 3.48. The van der Waals surface area contributed by atoms with Crippen molar-refractivity contribution >= 4 is 11.6 Å². The van der Waals surface area contributed by atoms with Gasteiger partial charge in [-0.25, -0.2) is 9.97 Å². The summed E-state index contributed by atoms with van der Waals surface area (Å²) in [6.45, 7) is 3.42. The van der Waals surface area contributed by atoms with Crippen molar-refractivity contribution in [1.82, 2.24) is 14.5 Å². The van der Waals surface area contributed by atoms with Crippen molar-refractivity contribution in [3.8, 4) is 0 Å². The molecule has 1 aliphatic heterocycles. The third-order valence-electron chi connectivity index (χ3n) is 5.08. The second-order valence-corrected chi connectivity index (χ2v) is 7.15. The van der Waals surface area contributed by atoms with Crippen molar-refractivity contribution in [3.05, 3.63) is 82.5 Å².